The van der Waals surface area contributed by atoms with E-state index in [0.717, 1.165) is 11.8 Å². The molecule has 10 nitrogen and oxygen atoms in total. The summed E-state index contributed by atoms with van der Waals surface area (Å²) in [5, 5.41) is 13.0. The van der Waals surface area contributed by atoms with Crippen LogP contribution < -0.4 is 14.8 Å². The van der Waals surface area contributed by atoms with Gasteiger partial charge in [0, 0.05) is 17.5 Å². The number of sulfonamides is 1. The van der Waals surface area contributed by atoms with Crippen LogP contribution >= 0.6 is 11.8 Å². The number of aliphatic hydroxyl groups excluding tert-OH is 1. The van der Waals surface area contributed by atoms with Gasteiger partial charge in [0.25, 0.3) is 0 Å². The Labute approximate surface area is 181 Å². The number of nitrogens with zero attached hydrogens (tertiary/aromatic N) is 4. The van der Waals surface area contributed by atoms with Crippen LogP contribution in [0.1, 0.15) is 38.0 Å². The highest BCUT2D eigenvalue weighted by molar-refractivity contribution is 7.99. The topological polar surface area (TPSA) is 139 Å². The Hall–Kier alpha value is -2.18. The molecule has 166 valence electrons. The molecular formula is C18H28N6O4S2. The lowest BCUT2D eigenvalue weighted by Gasteiger charge is -2.19. The maximum Gasteiger partial charge on any atom is 0.242 e. The van der Waals surface area contributed by atoms with Crippen LogP contribution in [-0.2, 0) is 10.0 Å². The number of rotatable bonds is 11. The maximum atomic E-state index is 11.7. The van der Waals surface area contributed by atoms with E-state index in [1.807, 2.05) is 32.9 Å². The van der Waals surface area contributed by atoms with Crippen LogP contribution in [0, 0.1) is 5.92 Å². The molecule has 2 heterocycles. The molecule has 0 amide bonds. The number of hydrogen-bond acceptors (Lipinski definition) is 10. The second-order valence-corrected chi connectivity index (χ2v) is 10.2. The van der Waals surface area contributed by atoms with Crippen LogP contribution in [0.5, 0.6) is 5.88 Å². The van der Waals surface area contributed by atoms with E-state index in [4.69, 9.17) is 4.74 Å². The third kappa shape index (κ3) is 7.92. The van der Waals surface area contributed by atoms with Crippen molar-refractivity contribution in [2.45, 2.75) is 43.6 Å². The summed E-state index contributed by atoms with van der Waals surface area (Å²) in [4.78, 5) is 16.9. The third-order valence-electron chi connectivity index (χ3n) is 3.92. The molecule has 2 aromatic rings. The summed E-state index contributed by atoms with van der Waals surface area (Å²) >= 11 is 1.34. The van der Waals surface area contributed by atoms with Gasteiger partial charge < -0.3 is 15.2 Å². The van der Waals surface area contributed by atoms with Crippen LogP contribution in [0.3, 0.4) is 0 Å². The molecule has 0 aliphatic carbocycles. The predicted molar refractivity (Wildman–Crippen MR) is 117 cm³/mol. The molecule has 2 rings (SSSR count). The standard InChI is InChI=1S/C18H28N6O4S2/c1-11(2)8-14(10-25)20-16-21-17(24-30(5,26)27)23-18(22-16)29-12(3)13-6-7-19-15(9-13)28-4/h6-7,9,11-12,14,25H,8,10H2,1-5H3,(H2,20,21,22,23,24)/t12?,14-/m1/s1. The molecule has 0 spiro atoms. The van der Waals surface area contributed by atoms with E-state index in [0.29, 0.717) is 23.4 Å². The van der Waals surface area contributed by atoms with Crippen molar-refractivity contribution in [2.75, 3.05) is 30.0 Å². The highest BCUT2D eigenvalue weighted by atomic mass is 32.2. The van der Waals surface area contributed by atoms with Gasteiger partial charge in [-0.05, 0) is 30.9 Å². The van der Waals surface area contributed by atoms with Gasteiger partial charge in [-0.2, -0.15) is 15.0 Å². The average Bonchev–Trinajstić information content (AvgIpc) is 2.65. The van der Waals surface area contributed by atoms with Crippen molar-refractivity contribution in [3.05, 3.63) is 23.9 Å². The minimum absolute atomic E-state index is 0.0625. The molecule has 0 saturated carbocycles. The Morgan fingerprint density at radius 1 is 1.20 bits per heavy atom. The number of thioether (sulfide) groups is 1. The summed E-state index contributed by atoms with van der Waals surface area (Å²) < 4.78 is 30.8. The molecule has 0 aromatic carbocycles. The van der Waals surface area contributed by atoms with Crippen molar-refractivity contribution >= 4 is 33.7 Å². The fourth-order valence-corrected chi connectivity index (χ4v) is 3.93. The number of nitrogens with one attached hydrogen (secondary N) is 2. The summed E-state index contributed by atoms with van der Waals surface area (Å²) in [6.45, 7) is 5.95. The summed E-state index contributed by atoms with van der Waals surface area (Å²) in [7, 11) is -2.02. The second-order valence-electron chi connectivity index (χ2n) is 7.18. The minimum Gasteiger partial charge on any atom is -0.481 e. The van der Waals surface area contributed by atoms with Crippen molar-refractivity contribution in [1.29, 1.82) is 0 Å². The summed E-state index contributed by atoms with van der Waals surface area (Å²) in [5.41, 5.74) is 0.951. The Bertz CT molecular complexity index is 942. The first kappa shape index (κ1) is 24.1. The zero-order chi connectivity index (χ0) is 22.3. The fourth-order valence-electron chi connectivity index (χ4n) is 2.63. The summed E-state index contributed by atoms with van der Waals surface area (Å²) in [6, 6.07) is 3.41. The number of ether oxygens (including phenoxy) is 1. The van der Waals surface area contributed by atoms with Gasteiger partial charge >= 0.3 is 0 Å². The van der Waals surface area contributed by atoms with E-state index in [2.05, 4.69) is 30.0 Å². The molecule has 12 heteroatoms. The molecule has 2 aromatic heterocycles. The highest BCUT2D eigenvalue weighted by Crippen LogP contribution is 2.34. The zero-order valence-electron chi connectivity index (χ0n) is 17.7. The molecule has 0 bridgehead atoms. The van der Waals surface area contributed by atoms with Crippen molar-refractivity contribution in [3.63, 3.8) is 0 Å². The lowest BCUT2D eigenvalue weighted by Crippen LogP contribution is -2.27. The lowest BCUT2D eigenvalue weighted by molar-refractivity contribution is 0.259. The van der Waals surface area contributed by atoms with Crippen molar-refractivity contribution in [3.8, 4) is 5.88 Å². The van der Waals surface area contributed by atoms with E-state index >= 15 is 0 Å². The number of anilines is 2. The molecular weight excluding hydrogens is 428 g/mol. The Morgan fingerprint density at radius 3 is 2.50 bits per heavy atom. The lowest BCUT2D eigenvalue weighted by atomic mass is 10.0. The van der Waals surface area contributed by atoms with Gasteiger partial charge in [-0.1, -0.05) is 25.6 Å². The molecule has 0 saturated heterocycles. The fraction of sp³-hybridized carbons (Fsp3) is 0.556. The second kappa shape index (κ2) is 10.7. The first-order chi connectivity index (χ1) is 14.1. The molecule has 1 unspecified atom stereocenters. The van der Waals surface area contributed by atoms with Crippen molar-refractivity contribution in [2.24, 2.45) is 5.92 Å². The summed E-state index contributed by atoms with van der Waals surface area (Å²) in [5.74, 6) is 0.952. The van der Waals surface area contributed by atoms with Gasteiger partial charge in [0.05, 0.1) is 26.0 Å². The first-order valence-electron chi connectivity index (χ1n) is 9.37. The van der Waals surface area contributed by atoms with Gasteiger partial charge in [-0.25, -0.2) is 13.4 Å². The largest absolute Gasteiger partial charge is 0.481 e. The summed E-state index contributed by atoms with van der Waals surface area (Å²) in [6.07, 6.45) is 3.38. The van der Waals surface area contributed by atoms with Crippen LogP contribution in [0.15, 0.2) is 23.5 Å². The van der Waals surface area contributed by atoms with Crippen molar-refractivity contribution < 1.29 is 18.3 Å². The number of aliphatic hydroxyl groups is 1. The third-order valence-corrected chi connectivity index (χ3v) is 5.49. The smallest absolute Gasteiger partial charge is 0.242 e. The van der Waals surface area contributed by atoms with Crippen LogP contribution in [0.4, 0.5) is 11.9 Å². The van der Waals surface area contributed by atoms with Crippen molar-refractivity contribution in [1.82, 2.24) is 19.9 Å². The monoisotopic (exact) mass is 456 g/mol. The van der Waals surface area contributed by atoms with E-state index < -0.39 is 10.0 Å². The molecule has 0 aliphatic rings. The van der Waals surface area contributed by atoms with Gasteiger partial charge in [0.1, 0.15) is 0 Å². The maximum absolute atomic E-state index is 11.7. The van der Waals surface area contributed by atoms with Gasteiger partial charge in [-0.3, -0.25) is 4.72 Å². The molecule has 30 heavy (non-hydrogen) atoms. The van der Waals surface area contributed by atoms with E-state index in [1.165, 1.54) is 11.8 Å². The SMILES string of the molecule is COc1cc(C(C)Sc2nc(N[C@@H](CO)CC(C)C)nc(NS(C)(=O)=O)n2)ccn1. The molecule has 3 N–H and O–H groups in total. The molecule has 0 radical (unpaired) electrons. The Kier molecular flexibility index (Phi) is 8.62. The van der Waals surface area contributed by atoms with Crippen LogP contribution in [-0.4, -0.2) is 59.5 Å². The predicted octanol–water partition coefficient (Wildman–Crippen LogP) is 2.32. The van der Waals surface area contributed by atoms with Crippen LogP contribution in [0.2, 0.25) is 0 Å². The molecule has 2 atom stereocenters. The van der Waals surface area contributed by atoms with Crippen LogP contribution in [0.25, 0.3) is 0 Å². The van der Waals surface area contributed by atoms with E-state index in [9.17, 15) is 13.5 Å². The zero-order valence-corrected chi connectivity index (χ0v) is 19.3. The normalized spacial score (nSPS) is 13.7. The molecule has 0 aliphatic heterocycles. The Balaban J connectivity index is 2.30. The van der Waals surface area contributed by atoms with Gasteiger partial charge in [-0.15, -0.1) is 0 Å². The number of hydrogen-bond donors (Lipinski definition) is 3. The van der Waals surface area contributed by atoms with Gasteiger partial charge in [0.2, 0.25) is 27.8 Å². The average molecular weight is 457 g/mol. The minimum atomic E-state index is -3.57. The van der Waals surface area contributed by atoms with E-state index in [-0.39, 0.29) is 29.8 Å². The first-order valence-corrected chi connectivity index (χ1v) is 12.1. The molecule has 0 fully saturated rings. The van der Waals surface area contributed by atoms with Gasteiger partial charge in [0.15, 0.2) is 5.16 Å². The van der Waals surface area contributed by atoms with E-state index in [1.54, 1.807) is 13.3 Å². The number of pyridine rings is 1. The quantitative estimate of drug-likeness (QED) is 0.432. The number of methoxy groups -OCH3 is 1. The Morgan fingerprint density at radius 2 is 1.90 bits per heavy atom. The highest BCUT2D eigenvalue weighted by Gasteiger charge is 2.17. The number of aromatic nitrogens is 4.